The Morgan fingerprint density at radius 2 is 1.67 bits per heavy atom. The number of rotatable bonds is 12. The summed E-state index contributed by atoms with van der Waals surface area (Å²) in [4.78, 5) is 4.25. The molecular formula is C19H34N2. The fraction of sp³-hybridized carbons (Fsp3) is 0.737. The lowest BCUT2D eigenvalue weighted by atomic mass is 9.96. The van der Waals surface area contributed by atoms with Crippen molar-refractivity contribution in [2.24, 2.45) is 0 Å². The molecule has 1 aromatic rings. The van der Waals surface area contributed by atoms with Gasteiger partial charge in [0, 0.05) is 18.4 Å². The number of nitrogens with one attached hydrogen (secondary N) is 1. The van der Waals surface area contributed by atoms with Crippen LogP contribution in [0, 0.1) is 0 Å². The van der Waals surface area contributed by atoms with Crippen LogP contribution in [0.2, 0.25) is 0 Å². The van der Waals surface area contributed by atoms with Crippen molar-refractivity contribution in [1.29, 1.82) is 0 Å². The van der Waals surface area contributed by atoms with Gasteiger partial charge in [-0.05, 0) is 37.1 Å². The molecule has 1 unspecified atom stereocenters. The predicted molar refractivity (Wildman–Crippen MR) is 92.6 cm³/mol. The molecular weight excluding hydrogens is 256 g/mol. The lowest BCUT2D eigenvalue weighted by Gasteiger charge is -2.19. The van der Waals surface area contributed by atoms with E-state index in [1.165, 1.54) is 68.9 Å². The number of hydrogen-bond donors (Lipinski definition) is 1. The summed E-state index contributed by atoms with van der Waals surface area (Å²) >= 11 is 0. The highest BCUT2D eigenvalue weighted by Crippen LogP contribution is 2.23. The molecule has 1 rings (SSSR count). The fourth-order valence-corrected chi connectivity index (χ4v) is 3.01. The van der Waals surface area contributed by atoms with Crippen LogP contribution in [0.15, 0.2) is 18.5 Å². The maximum Gasteiger partial charge on any atom is 0.0321 e. The Balaban J connectivity index is 2.25. The molecule has 0 bridgehead atoms. The normalized spacial score (nSPS) is 12.5. The maximum atomic E-state index is 4.25. The summed E-state index contributed by atoms with van der Waals surface area (Å²) in [5.74, 6) is 0. The topological polar surface area (TPSA) is 24.9 Å². The minimum atomic E-state index is 0.489. The van der Waals surface area contributed by atoms with E-state index in [1.807, 2.05) is 12.4 Å². The average molecular weight is 290 g/mol. The summed E-state index contributed by atoms with van der Waals surface area (Å²) in [5.41, 5.74) is 2.83. The van der Waals surface area contributed by atoms with Gasteiger partial charge in [-0.25, -0.2) is 0 Å². The molecule has 0 saturated carbocycles. The van der Waals surface area contributed by atoms with Gasteiger partial charge in [0.2, 0.25) is 0 Å². The summed E-state index contributed by atoms with van der Waals surface area (Å²) in [5, 5.41) is 3.48. The molecule has 0 aliphatic heterocycles. The van der Waals surface area contributed by atoms with Crippen LogP contribution in [0.1, 0.15) is 88.8 Å². The van der Waals surface area contributed by atoms with Crippen molar-refractivity contribution in [2.45, 2.75) is 84.1 Å². The monoisotopic (exact) mass is 290 g/mol. The smallest absolute Gasteiger partial charge is 0.0321 e. The van der Waals surface area contributed by atoms with Gasteiger partial charge in [0.15, 0.2) is 0 Å². The minimum absolute atomic E-state index is 0.489. The van der Waals surface area contributed by atoms with Gasteiger partial charge in [-0.15, -0.1) is 0 Å². The summed E-state index contributed by atoms with van der Waals surface area (Å²) in [6.07, 6.45) is 17.4. The van der Waals surface area contributed by atoms with Crippen molar-refractivity contribution in [3.63, 3.8) is 0 Å². The Bertz CT molecular complexity index is 362. The first-order chi connectivity index (χ1) is 10.3. The molecule has 0 aliphatic carbocycles. The van der Waals surface area contributed by atoms with Crippen molar-refractivity contribution in [2.75, 3.05) is 7.05 Å². The minimum Gasteiger partial charge on any atom is -0.313 e. The van der Waals surface area contributed by atoms with E-state index in [0.29, 0.717) is 6.04 Å². The number of unbranched alkanes of at least 4 members (excludes halogenated alkanes) is 7. The Labute approximate surface area is 131 Å². The summed E-state index contributed by atoms with van der Waals surface area (Å²) in [6.45, 7) is 4.49. The first-order valence-corrected chi connectivity index (χ1v) is 8.93. The molecule has 0 aliphatic rings. The second-order valence-electron chi connectivity index (χ2n) is 6.03. The van der Waals surface area contributed by atoms with E-state index < -0.39 is 0 Å². The van der Waals surface area contributed by atoms with E-state index in [4.69, 9.17) is 0 Å². The van der Waals surface area contributed by atoms with Crippen LogP contribution in [0.5, 0.6) is 0 Å². The third kappa shape index (κ3) is 7.08. The van der Waals surface area contributed by atoms with E-state index in [2.05, 4.69) is 37.3 Å². The molecule has 0 spiro atoms. The van der Waals surface area contributed by atoms with Gasteiger partial charge in [0.25, 0.3) is 0 Å². The Morgan fingerprint density at radius 1 is 1.00 bits per heavy atom. The lowest BCUT2D eigenvalue weighted by molar-refractivity contribution is 0.492. The second kappa shape index (κ2) is 11.7. The number of nitrogens with zero attached hydrogens (tertiary/aromatic N) is 1. The fourth-order valence-electron chi connectivity index (χ4n) is 3.01. The Hall–Kier alpha value is -0.890. The SMILES string of the molecule is CCCCCCCCCCC(NC)c1ccncc1CC. The van der Waals surface area contributed by atoms with Crippen molar-refractivity contribution in [3.8, 4) is 0 Å². The highest BCUT2D eigenvalue weighted by molar-refractivity contribution is 5.26. The first-order valence-electron chi connectivity index (χ1n) is 8.93. The van der Waals surface area contributed by atoms with Crippen LogP contribution in [-0.2, 0) is 6.42 Å². The van der Waals surface area contributed by atoms with Crippen LogP contribution in [0.3, 0.4) is 0 Å². The van der Waals surface area contributed by atoms with Crippen molar-refractivity contribution in [3.05, 3.63) is 29.6 Å². The molecule has 1 aromatic heterocycles. The van der Waals surface area contributed by atoms with Gasteiger partial charge in [0.05, 0.1) is 0 Å². The van der Waals surface area contributed by atoms with Gasteiger partial charge in [-0.3, -0.25) is 4.98 Å². The van der Waals surface area contributed by atoms with E-state index in [-0.39, 0.29) is 0 Å². The summed E-state index contributed by atoms with van der Waals surface area (Å²) in [6, 6.07) is 2.67. The van der Waals surface area contributed by atoms with Crippen LogP contribution in [-0.4, -0.2) is 12.0 Å². The molecule has 21 heavy (non-hydrogen) atoms. The van der Waals surface area contributed by atoms with Crippen LogP contribution in [0.4, 0.5) is 0 Å². The van der Waals surface area contributed by atoms with Gasteiger partial charge in [0.1, 0.15) is 0 Å². The van der Waals surface area contributed by atoms with Gasteiger partial charge < -0.3 is 5.32 Å². The Morgan fingerprint density at radius 3 is 2.29 bits per heavy atom. The standard InChI is InChI=1S/C19H34N2/c1-4-6-7-8-9-10-11-12-13-19(20-3)18-14-15-21-16-17(18)5-2/h14-16,19-20H,4-13H2,1-3H3. The average Bonchev–Trinajstić information content (AvgIpc) is 2.53. The molecule has 0 fully saturated rings. The molecule has 0 aromatic carbocycles. The molecule has 0 amide bonds. The largest absolute Gasteiger partial charge is 0.313 e. The van der Waals surface area contributed by atoms with E-state index in [1.54, 1.807) is 0 Å². The number of pyridine rings is 1. The third-order valence-electron chi connectivity index (χ3n) is 4.39. The lowest BCUT2D eigenvalue weighted by Crippen LogP contribution is -2.18. The Kier molecular flexibility index (Phi) is 10.1. The number of aryl methyl sites for hydroxylation is 1. The first kappa shape index (κ1) is 18.2. The third-order valence-corrected chi connectivity index (χ3v) is 4.39. The quantitative estimate of drug-likeness (QED) is 0.519. The molecule has 120 valence electrons. The van der Waals surface area contributed by atoms with Crippen molar-refractivity contribution < 1.29 is 0 Å². The zero-order valence-corrected chi connectivity index (χ0v) is 14.3. The summed E-state index contributed by atoms with van der Waals surface area (Å²) < 4.78 is 0. The zero-order valence-electron chi connectivity index (χ0n) is 14.3. The molecule has 1 heterocycles. The summed E-state index contributed by atoms with van der Waals surface area (Å²) in [7, 11) is 2.08. The van der Waals surface area contributed by atoms with Gasteiger partial charge in [-0.1, -0.05) is 65.2 Å². The highest BCUT2D eigenvalue weighted by atomic mass is 14.9. The van der Waals surface area contributed by atoms with Gasteiger partial charge in [-0.2, -0.15) is 0 Å². The van der Waals surface area contributed by atoms with Crippen LogP contribution >= 0.6 is 0 Å². The highest BCUT2D eigenvalue weighted by Gasteiger charge is 2.12. The molecule has 0 saturated heterocycles. The number of aromatic nitrogens is 1. The van der Waals surface area contributed by atoms with Crippen molar-refractivity contribution in [1.82, 2.24) is 10.3 Å². The zero-order chi connectivity index (χ0) is 15.3. The van der Waals surface area contributed by atoms with Gasteiger partial charge >= 0.3 is 0 Å². The van der Waals surface area contributed by atoms with E-state index >= 15 is 0 Å². The molecule has 2 heteroatoms. The maximum absolute atomic E-state index is 4.25. The molecule has 1 N–H and O–H groups in total. The van der Waals surface area contributed by atoms with Crippen LogP contribution < -0.4 is 5.32 Å². The van der Waals surface area contributed by atoms with Crippen molar-refractivity contribution >= 4 is 0 Å². The molecule has 1 atom stereocenters. The predicted octanol–water partition coefficient (Wildman–Crippen LogP) is 5.44. The number of hydrogen-bond acceptors (Lipinski definition) is 2. The molecule has 0 radical (unpaired) electrons. The molecule has 2 nitrogen and oxygen atoms in total. The second-order valence-corrected chi connectivity index (χ2v) is 6.03. The van der Waals surface area contributed by atoms with Crippen LogP contribution in [0.25, 0.3) is 0 Å². The van der Waals surface area contributed by atoms with E-state index in [9.17, 15) is 0 Å². The van der Waals surface area contributed by atoms with E-state index in [0.717, 1.165) is 6.42 Å².